The lowest BCUT2D eigenvalue weighted by Gasteiger charge is -2.38. The molecule has 0 aromatic rings. The molecule has 0 radical (unpaired) electrons. The summed E-state index contributed by atoms with van der Waals surface area (Å²) in [5.74, 6) is 0. The molecular weight excluding hydrogens is 256 g/mol. The van der Waals surface area contributed by atoms with Gasteiger partial charge < -0.3 is 4.90 Å². The highest BCUT2D eigenvalue weighted by atomic mass is 35.6. The molecule has 1 heterocycles. The fourth-order valence-corrected chi connectivity index (χ4v) is 2.17. The Morgan fingerprint density at radius 2 is 1.67 bits per heavy atom. The maximum Gasteiger partial charge on any atom is 0.230 e. The summed E-state index contributed by atoms with van der Waals surface area (Å²) in [7, 11) is 0. The molecule has 0 fully saturated rings. The van der Waals surface area contributed by atoms with Gasteiger partial charge in [0.1, 0.15) is 6.34 Å². The maximum atomic E-state index is 5.98. The Labute approximate surface area is 106 Å². The average Bonchev–Trinajstić information content (AvgIpc) is 2.45. The van der Waals surface area contributed by atoms with Crippen molar-refractivity contribution in [2.45, 2.75) is 49.7 Å². The smallest absolute Gasteiger partial charge is 0.230 e. The van der Waals surface area contributed by atoms with Crippen LogP contribution < -0.4 is 0 Å². The Hall–Kier alpha value is 0.140. The maximum absolute atomic E-state index is 5.98. The van der Waals surface area contributed by atoms with Crippen molar-refractivity contribution < 1.29 is 0 Å². The Balaban J connectivity index is 2.93. The number of halogens is 3. The Kier molecular flexibility index (Phi) is 4.01. The van der Waals surface area contributed by atoms with Gasteiger partial charge in [-0.3, -0.25) is 5.01 Å². The van der Waals surface area contributed by atoms with Gasteiger partial charge in [-0.2, -0.15) is 5.10 Å². The van der Waals surface area contributed by atoms with E-state index in [9.17, 15) is 0 Å². The van der Waals surface area contributed by atoms with Crippen molar-refractivity contribution in [1.29, 1.82) is 0 Å². The van der Waals surface area contributed by atoms with E-state index < -0.39 is 3.79 Å². The van der Waals surface area contributed by atoms with Gasteiger partial charge in [-0.15, -0.1) is 0 Å². The SMILES string of the molecule is CC(C)N1C=NN(C(C)C)C1C(Cl)(Cl)Cl. The summed E-state index contributed by atoms with van der Waals surface area (Å²) in [6.45, 7) is 8.12. The van der Waals surface area contributed by atoms with E-state index >= 15 is 0 Å². The third kappa shape index (κ3) is 2.83. The van der Waals surface area contributed by atoms with E-state index in [1.165, 1.54) is 0 Å². The molecule has 1 atom stereocenters. The lowest BCUT2D eigenvalue weighted by atomic mass is 10.3. The van der Waals surface area contributed by atoms with Gasteiger partial charge in [0.25, 0.3) is 0 Å². The molecule has 0 amide bonds. The summed E-state index contributed by atoms with van der Waals surface area (Å²) in [6.07, 6.45) is 1.40. The molecule has 1 unspecified atom stereocenters. The molecule has 88 valence electrons. The average molecular weight is 273 g/mol. The fourth-order valence-electron chi connectivity index (χ4n) is 1.53. The van der Waals surface area contributed by atoms with Crippen LogP contribution in [0, 0.1) is 0 Å². The van der Waals surface area contributed by atoms with Crippen LogP contribution in [0.2, 0.25) is 0 Å². The second kappa shape index (κ2) is 4.56. The van der Waals surface area contributed by atoms with E-state index in [0.29, 0.717) is 0 Å². The molecule has 0 N–H and O–H groups in total. The predicted octanol–water partition coefficient (Wildman–Crippen LogP) is 3.06. The molecule has 3 nitrogen and oxygen atoms in total. The number of alkyl halides is 3. The summed E-state index contributed by atoms with van der Waals surface area (Å²) in [4.78, 5) is 1.95. The van der Waals surface area contributed by atoms with Gasteiger partial charge >= 0.3 is 0 Å². The van der Waals surface area contributed by atoms with Crippen LogP contribution in [-0.4, -0.2) is 38.3 Å². The minimum absolute atomic E-state index is 0.200. The van der Waals surface area contributed by atoms with Gasteiger partial charge in [0.15, 0.2) is 6.17 Å². The van der Waals surface area contributed by atoms with E-state index in [1.54, 1.807) is 6.34 Å². The molecule has 0 aliphatic carbocycles. The molecule has 0 aromatic heterocycles. The van der Waals surface area contributed by atoms with Crippen molar-refractivity contribution in [3.05, 3.63) is 0 Å². The van der Waals surface area contributed by atoms with Crippen molar-refractivity contribution in [1.82, 2.24) is 9.91 Å². The molecule has 15 heavy (non-hydrogen) atoms. The van der Waals surface area contributed by atoms with Crippen molar-refractivity contribution in [2.24, 2.45) is 5.10 Å². The van der Waals surface area contributed by atoms with Crippen LogP contribution in [-0.2, 0) is 0 Å². The third-order valence-electron chi connectivity index (χ3n) is 2.27. The predicted molar refractivity (Wildman–Crippen MR) is 66.5 cm³/mol. The first-order chi connectivity index (χ1) is 6.75. The molecular formula is C9H16Cl3N3. The lowest BCUT2D eigenvalue weighted by molar-refractivity contribution is 0.0877. The monoisotopic (exact) mass is 271 g/mol. The number of rotatable bonds is 2. The van der Waals surface area contributed by atoms with Crippen LogP contribution in [0.1, 0.15) is 27.7 Å². The number of nitrogens with zero attached hydrogens (tertiary/aromatic N) is 3. The van der Waals surface area contributed by atoms with E-state index in [1.807, 2.05) is 37.6 Å². The first kappa shape index (κ1) is 13.2. The zero-order chi connectivity index (χ0) is 11.8. The highest BCUT2D eigenvalue weighted by molar-refractivity contribution is 6.68. The van der Waals surface area contributed by atoms with Crippen LogP contribution in [0.5, 0.6) is 0 Å². The highest BCUT2D eigenvalue weighted by Gasteiger charge is 2.45. The van der Waals surface area contributed by atoms with E-state index in [0.717, 1.165) is 0 Å². The molecule has 1 rings (SSSR count). The van der Waals surface area contributed by atoms with Crippen molar-refractivity contribution >= 4 is 41.1 Å². The number of hydrazone groups is 1. The standard InChI is InChI=1S/C9H16Cl3N3/c1-6(2)14-5-13-15(7(3)4)8(14)9(10,11)12/h5-8H,1-4H3. The Bertz CT molecular complexity index is 229. The van der Waals surface area contributed by atoms with Crippen molar-refractivity contribution in [3.8, 4) is 0 Å². The van der Waals surface area contributed by atoms with Gasteiger partial charge in [-0.25, -0.2) is 0 Å². The minimum atomic E-state index is -1.37. The molecule has 1 aliphatic heterocycles. The van der Waals surface area contributed by atoms with Crippen LogP contribution in [0.3, 0.4) is 0 Å². The van der Waals surface area contributed by atoms with Crippen molar-refractivity contribution in [3.63, 3.8) is 0 Å². The highest BCUT2D eigenvalue weighted by Crippen LogP contribution is 2.38. The van der Waals surface area contributed by atoms with Gasteiger partial charge in [0, 0.05) is 12.1 Å². The summed E-state index contributed by atoms with van der Waals surface area (Å²) in [5.41, 5.74) is 0. The van der Waals surface area contributed by atoms with Crippen LogP contribution in [0.15, 0.2) is 5.10 Å². The Morgan fingerprint density at radius 1 is 1.13 bits per heavy atom. The summed E-state index contributed by atoms with van der Waals surface area (Å²) < 4.78 is -1.37. The van der Waals surface area contributed by atoms with Crippen molar-refractivity contribution in [2.75, 3.05) is 0 Å². The largest absolute Gasteiger partial charge is 0.333 e. The first-order valence-corrected chi connectivity index (χ1v) is 6.05. The summed E-state index contributed by atoms with van der Waals surface area (Å²) in [5, 5.41) is 6.08. The first-order valence-electron chi connectivity index (χ1n) is 4.91. The van der Waals surface area contributed by atoms with E-state index in [-0.39, 0.29) is 18.2 Å². The van der Waals surface area contributed by atoms with Gasteiger partial charge in [-0.05, 0) is 27.7 Å². The Morgan fingerprint density at radius 3 is 2.00 bits per heavy atom. The van der Waals surface area contributed by atoms with Crippen LogP contribution >= 0.6 is 34.8 Å². The molecule has 0 saturated carbocycles. The zero-order valence-corrected chi connectivity index (χ0v) is 11.6. The number of hydrogen-bond donors (Lipinski definition) is 0. The molecule has 6 heteroatoms. The fraction of sp³-hybridized carbons (Fsp3) is 0.889. The zero-order valence-electron chi connectivity index (χ0n) is 9.28. The second-order valence-corrected chi connectivity index (χ2v) is 6.53. The number of hydrogen-bond acceptors (Lipinski definition) is 3. The lowest BCUT2D eigenvalue weighted by Crippen LogP contribution is -2.52. The molecule has 0 spiro atoms. The molecule has 1 aliphatic rings. The van der Waals surface area contributed by atoms with Gasteiger partial charge in [-0.1, -0.05) is 34.8 Å². The second-order valence-electron chi connectivity index (χ2n) is 4.16. The van der Waals surface area contributed by atoms with Crippen LogP contribution in [0.25, 0.3) is 0 Å². The quantitative estimate of drug-likeness (QED) is 0.720. The molecule has 0 bridgehead atoms. The van der Waals surface area contributed by atoms with E-state index in [2.05, 4.69) is 5.10 Å². The third-order valence-corrected chi connectivity index (χ3v) is 2.85. The summed E-state index contributed by atoms with van der Waals surface area (Å²) in [6, 6.07) is 0.448. The molecule has 0 aromatic carbocycles. The topological polar surface area (TPSA) is 18.8 Å². The van der Waals surface area contributed by atoms with Gasteiger partial charge in [0.2, 0.25) is 3.79 Å². The minimum Gasteiger partial charge on any atom is -0.333 e. The normalized spacial score (nSPS) is 22.3. The van der Waals surface area contributed by atoms with E-state index in [4.69, 9.17) is 34.8 Å². The summed E-state index contributed by atoms with van der Waals surface area (Å²) >= 11 is 18.0. The molecule has 0 saturated heterocycles. The van der Waals surface area contributed by atoms with Crippen LogP contribution in [0.4, 0.5) is 0 Å². The van der Waals surface area contributed by atoms with Gasteiger partial charge in [0.05, 0.1) is 0 Å².